The van der Waals surface area contributed by atoms with Crippen LogP contribution in [0.2, 0.25) is 0 Å². The molecule has 0 radical (unpaired) electrons. The fraction of sp³-hybridized carbons (Fsp3) is 0.417. The topological polar surface area (TPSA) is 91.8 Å². The molecular formula is C24H28N4O4S2. The monoisotopic (exact) mass is 500 g/mol. The van der Waals surface area contributed by atoms with Gasteiger partial charge >= 0.3 is 0 Å². The average molecular weight is 501 g/mol. The number of hydrogen-bond donors (Lipinski definition) is 1. The molecule has 1 saturated carbocycles. The Balaban J connectivity index is 1.50. The fourth-order valence-corrected chi connectivity index (χ4v) is 5.83. The SMILES string of the molecule is C=CC(=O)N1CCN(C(=O)c2cc(Sc3cnc(NC(=O)C4CC4)s3)c(C)cc2OC)C[C@@H]1C. The highest BCUT2D eigenvalue weighted by molar-refractivity contribution is 8.01. The first-order valence-electron chi connectivity index (χ1n) is 11.2. The van der Waals surface area contributed by atoms with Gasteiger partial charge in [0.05, 0.1) is 23.1 Å². The number of rotatable bonds is 7. The van der Waals surface area contributed by atoms with E-state index in [9.17, 15) is 14.4 Å². The number of piperazine rings is 1. The smallest absolute Gasteiger partial charge is 0.257 e. The Hall–Kier alpha value is -2.85. The van der Waals surface area contributed by atoms with E-state index in [1.807, 2.05) is 26.0 Å². The fourth-order valence-electron chi connectivity index (χ4n) is 3.89. The molecule has 180 valence electrons. The molecule has 3 amide bonds. The maximum Gasteiger partial charge on any atom is 0.257 e. The van der Waals surface area contributed by atoms with Crippen LogP contribution in [0.1, 0.15) is 35.7 Å². The number of nitrogens with one attached hydrogen (secondary N) is 1. The molecule has 1 aromatic carbocycles. The first kappa shape index (κ1) is 24.3. The number of anilines is 1. The highest BCUT2D eigenvalue weighted by Gasteiger charge is 2.31. The minimum absolute atomic E-state index is 0.0310. The van der Waals surface area contributed by atoms with Crippen molar-refractivity contribution in [2.45, 2.75) is 41.8 Å². The van der Waals surface area contributed by atoms with Gasteiger partial charge in [0.25, 0.3) is 5.91 Å². The van der Waals surface area contributed by atoms with E-state index >= 15 is 0 Å². The van der Waals surface area contributed by atoms with E-state index in [0.717, 1.165) is 27.5 Å². The zero-order valence-electron chi connectivity index (χ0n) is 19.5. The maximum absolute atomic E-state index is 13.4. The van der Waals surface area contributed by atoms with Crippen molar-refractivity contribution >= 4 is 46.0 Å². The van der Waals surface area contributed by atoms with E-state index in [1.165, 1.54) is 29.2 Å². The van der Waals surface area contributed by atoms with Gasteiger partial charge in [-0.25, -0.2) is 4.98 Å². The van der Waals surface area contributed by atoms with Gasteiger partial charge < -0.3 is 19.9 Å². The molecule has 1 atom stereocenters. The van der Waals surface area contributed by atoms with Crippen molar-refractivity contribution in [3.05, 3.63) is 42.1 Å². The number of carbonyl (C=O) groups excluding carboxylic acids is 3. The Labute approximate surface area is 207 Å². The van der Waals surface area contributed by atoms with E-state index in [2.05, 4.69) is 16.9 Å². The van der Waals surface area contributed by atoms with Gasteiger partial charge in [0.2, 0.25) is 11.8 Å². The summed E-state index contributed by atoms with van der Waals surface area (Å²) < 4.78 is 6.45. The molecule has 10 heteroatoms. The zero-order chi connectivity index (χ0) is 24.4. The molecule has 2 aliphatic rings. The molecule has 1 aliphatic carbocycles. The minimum atomic E-state index is -0.127. The van der Waals surface area contributed by atoms with Gasteiger partial charge in [-0.05, 0) is 50.5 Å². The normalized spacial score (nSPS) is 17.9. The predicted octanol–water partition coefficient (Wildman–Crippen LogP) is 3.82. The Morgan fingerprint density at radius 2 is 2.06 bits per heavy atom. The first-order chi connectivity index (χ1) is 16.3. The summed E-state index contributed by atoms with van der Waals surface area (Å²) in [7, 11) is 1.56. The molecule has 1 N–H and O–H groups in total. The lowest BCUT2D eigenvalue weighted by Gasteiger charge is -2.39. The lowest BCUT2D eigenvalue weighted by Crippen LogP contribution is -2.55. The largest absolute Gasteiger partial charge is 0.496 e. The molecule has 2 aromatic rings. The van der Waals surface area contributed by atoms with Crippen molar-refractivity contribution in [1.82, 2.24) is 14.8 Å². The maximum atomic E-state index is 13.4. The van der Waals surface area contributed by atoms with E-state index in [0.29, 0.717) is 36.1 Å². The summed E-state index contributed by atoms with van der Waals surface area (Å²) in [5, 5.41) is 3.46. The van der Waals surface area contributed by atoms with E-state index in [4.69, 9.17) is 4.74 Å². The summed E-state index contributed by atoms with van der Waals surface area (Å²) in [6, 6.07) is 3.62. The van der Waals surface area contributed by atoms with Crippen molar-refractivity contribution in [2.75, 3.05) is 32.1 Å². The Kier molecular flexibility index (Phi) is 7.27. The third-order valence-corrected chi connectivity index (χ3v) is 8.15. The molecule has 2 heterocycles. The predicted molar refractivity (Wildman–Crippen MR) is 133 cm³/mol. The average Bonchev–Trinajstić information content (AvgIpc) is 3.60. The molecular weight excluding hydrogens is 472 g/mol. The standard InChI is InChI=1S/C24H28N4O4S2/c1-5-20(29)28-9-8-27(13-15(28)3)23(31)17-11-19(14(2)10-18(17)32-4)33-21-12-25-24(34-21)26-22(30)16-6-7-16/h5,10-12,15-16H,1,6-9,13H2,2-4H3,(H,25,26,30)/t15-/m0/s1. The van der Waals surface area contributed by atoms with Crippen LogP contribution in [-0.4, -0.2) is 65.3 Å². The van der Waals surface area contributed by atoms with Crippen LogP contribution < -0.4 is 10.1 Å². The summed E-state index contributed by atoms with van der Waals surface area (Å²) in [5.74, 6) is 0.424. The van der Waals surface area contributed by atoms with Gasteiger partial charge in [0.15, 0.2) is 5.13 Å². The summed E-state index contributed by atoms with van der Waals surface area (Å²) >= 11 is 2.92. The van der Waals surface area contributed by atoms with Gasteiger partial charge in [-0.3, -0.25) is 14.4 Å². The third-order valence-electron chi connectivity index (χ3n) is 5.97. The van der Waals surface area contributed by atoms with Crippen LogP contribution in [0.15, 0.2) is 40.1 Å². The number of nitrogens with zero attached hydrogens (tertiary/aromatic N) is 3. The second kappa shape index (κ2) is 10.2. The van der Waals surface area contributed by atoms with E-state index in [1.54, 1.807) is 23.1 Å². The number of carbonyl (C=O) groups is 3. The number of amides is 3. The lowest BCUT2D eigenvalue weighted by atomic mass is 10.1. The summed E-state index contributed by atoms with van der Waals surface area (Å²) in [6.45, 7) is 8.81. The van der Waals surface area contributed by atoms with Crippen LogP contribution in [0.5, 0.6) is 5.75 Å². The van der Waals surface area contributed by atoms with E-state index < -0.39 is 0 Å². The second-order valence-electron chi connectivity index (χ2n) is 8.50. The molecule has 8 nitrogen and oxygen atoms in total. The van der Waals surface area contributed by atoms with Gasteiger partial charge in [0.1, 0.15) is 5.75 Å². The number of aromatic nitrogens is 1. The van der Waals surface area contributed by atoms with Crippen molar-refractivity contribution in [3.63, 3.8) is 0 Å². The van der Waals surface area contributed by atoms with E-state index in [-0.39, 0.29) is 29.7 Å². The number of benzene rings is 1. The number of thiazole rings is 1. The Bertz CT molecular complexity index is 1130. The molecule has 4 rings (SSSR count). The second-order valence-corrected chi connectivity index (χ2v) is 10.9. The highest BCUT2D eigenvalue weighted by Crippen LogP contribution is 2.39. The van der Waals surface area contributed by atoms with Crippen LogP contribution in [0, 0.1) is 12.8 Å². The lowest BCUT2D eigenvalue weighted by molar-refractivity contribution is -0.129. The summed E-state index contributed by atoms with van der Waals surface area (Å²) in [5.41, 5.74) is 1.46. The van der Waals surface area contributed by atoms with Crippen molar-refractivity contribution < 1.29 is 19.1 Å². The first-order valence-corrected chi connectivity index (χ1v) is 12.8. The molecule has 1 saturated heterocycles. The van der Waals surface area contributed by atoms with Crippen molar-refractivity contribution in [3.8, 4) is 5.75 Å². The quantitative estimate of drug-likeness (QED) is 0.581. The van der Waals surface area contributed by atoms with Crippen LogP contribution in [0.3, 0.4) is 0 Å². The summed E-state index contributed by atoms with van der Waals surface area (Å²) in [4.78, 5) is 46.2. The highest BCUT2D eigenvalue weighted by atomic mass is 32.2. The molecule has 0 unspecified atom stereocenters. The number of hydrogen-bond acceptors (Lipinski definition) is 7. The summed E-state index contributed by atoms with van der Waals surface area (Å²) in [6.07, 6.45) is 4.93. The van der Waals surface area contributed by atoms with Gasteiger partial charge in [-0.2, -0.15) is 0 Å². The molecule has 2 fully saturated rings. The molecule has 1 aromatic heterocycles. The molecule has 0 spiro atoms. The number of aryl methyl sites for hydroxylation is 1. The number of ether oxygens (including phenoxy) is 1. The number of methoxy groups -OCH3 is 1. The van der Waals surface area contributed by atoms with Crippen molar-refractivity contribution in [2.24, 2.45) is 5.92 Å². The van der Waals surface area contributed by atoms with Crippen LogP contribution in [0.4, 0.5) is 5.13 Å². The van der Waals surface area contributed by atoms with Crippen LogP contribution in [-0.2, 0) is 9.59 Å². The molecule has 0 bridgehead atoms. The molecule has 34 heavy (non-hydrogen) atoms. The van der Waals surface area contributed by atoms with Crippen LogP contribution in [0.25, 0.3) is 0 Å². The van der Waals surface area contributed by atoms with Gasteiger partial charge in [0, 0.05) is 36.5 Å². The van der Waals surface area contributed by atoms with Gasteiger partial charge in [-0.1, -0.05) is 29.7 Å². The van der Waals surface area contributed by atoms with Crippen molar-refractivity contribution in [1.29, 1.82) is 0 Å². The third kappa shape index (κ3) is 5.28. The molecule has 1 aliphatic heterocycles. The Morgan fingerprint density at radius 3 is 2.71 bits per heavy atom. The Morgan fingerprint density at radius 1 is 1.29 bits per heavy atom. The van der Waals surface area contributed by atoms with Gasteiger partial charge in [-0.15, -0.1) is 0 Å². The van der Waals surface area contributed by atoms with Crippen LogP contribution >= 0.6 is 23.1 Å². The minimum Gasteiger partial charge on any atom is -0.496 e. The zero-order valence-corrected chi connectivity index (χ0v) is 21.1.